The summed E-state index contributed by atoms with van der Waals surface area (Å²) < 4.78 is 13.9. The van der Waals surface area contributed by atoms with Gasteiger partial charge in [-0.3, -0.25) is 9.89 Å². The molecule has 1 N–H and O–H groups in total. The number of carbonyl (C=O) groups is 1. The molecule has 4 nitrogen and oxygen atoms in total. The molecular weight excluding hydrogens is 281 g/mol. The van der Waals surface area contributed by atoms with Crippen molar-refractivity contribution in [3.8, 4) is 0 Å². The van der Waals surface area contributed by atoms with Crippen LogP contribution in [-0.2, 0) is 6.54 Å². The Bertz CT molecular complexity index is 663. The standard InChI is InChI=1S/C17H20FN3O/c1-12-10-16(20-19-12)17(22)21(9-8-13-6-7-13)11-14-4-2-3-5-15(14)18/h2-5,10,13H,6-9,11H2,1H3,(H,19,20). The lowest BCUT2D eigenvalue weighted by Gasteiger charge is -2.22. The van der Waals surface area contributed by atoms with Crippen molar-refractivity contribution < 1.29 is 9.18 Å². The first-order chi connectivity index (χ1) is 10.6. The van der Waals surface area contributed by atoms with Crippen LogP contribution >= 0.6 is 0 Å². The normalized spacial score (nSPS) is 14.1. The molecule has 1 aromatic heterocycles. The van der Waals surface area contributed by atoms with Crippen LogP contribution in [0.3, 0.4) is 0 Å². The van der Waals surface area contributed by atoms with E-state index in [1.807, 2.05) is 6.92 Å². The van der Waals surface area contributed by atoms with E-state index < -0.39 is 0 Å². The Morgan fingerprint density at radius 1 is 1.41 bits per heavy atom. The molecule has 2 aromatic rings. The van der Waals surface area contributed by atoms with Gasteiger partial charge in [0.25, 0.3) is 5.91 Å². The molecule has 0 saturated heterocycles. The number of rotatable bonds is 6. The molecular formula is C17H20FN3O. The number of aryl methyl sites for hydroxylation is 1. The second-order valence-electron chi connectivity index (χ2n) is 5.97. The number of halogens is 1. The Balaban J connectivity index is 1.76. The van der Waals surface area contributed by atoms with Gasteiger partial charge in [-0.05, 0) is 31.4 Å². The number of aromatic amines is 1. The summed E-state index contributed by atoms with van der Waals surface area (Å²) in [6.07, 6.45) is 3.46. The molecule has 0 spiro atoms. The molecule has 0 atom stereocenters. The molecule has 1 aromatic carbocycles. The van der Waals surface area contributed by atoms with E-state index in [2.05, 4.69) is 10.2 Å². The molecule has 0 aliphatic heterocycles. The first-order valence-electron chi connectivity index (χ1n) is 7.68. The van der Waals surface area contributed by atoms with Crippen molar-refractivity contribution in [2.75, 3.05) is 6.54 Å². The number of benzene rings is 1. The highest BCUT2D eigenvalue weighted by Crippen LogP contribution is 2.32. The fourth-order valence-corrected chi connectivity index (χ4v) is 2.53. The third-order valence-electron chi connectivity index (χ3n) is 4.05. The molecule has 5 heteroatoms. The lowest BCUT2D eigenvalue weighted by atomic mass is 10.1. The Hall–Kier alpha value is -2.17. The van der Waals surface area contributed by atoms with Crippen LogP contribution in [0.15, 0.2) is 30.3 Å². The number of aromatic nitrogens is 2. The Kier molecular flexibility index (Phi) is 4.22. The van der Waals surface area contributed by atoms with E-state index in [4.69, 9.17) is 0 Å². The maximum absolute atomic E-state index is 13.9. The predicted molar refractivity (Wildman–Crippen MR) is 81.8 cm³/mol. The van der Waals surface area contributed by atoms with Crippen LogP contribution < -0.4 is 0 Å². The summed E-state index contributed by atoms with van der Waals surface area (Å²) in [7, 11) is 0. The van der Waals surface area contributed by atoms with E-state index in [1.165, 1.54) is 18.9 Å². The number of H-pyrrole nitrogens is 1. The van der Waals surface area contributed by atoms with E-state index in [9.17, 15) is 9.18 Å². The minimum absolute atomic E-state index is 0.121. The SMILES string of the molecule is Cc1cc(C(=O)N(CCC2CC2)Cc2ccccc2F)[nH]n1. The van der Waals surface area contributed by atoms with Crippen LogP contribution in [0.5, 0.6) is 0 Å². The van der Waals surface area contributed by atoms with E-state index in [1.54, 1.807) is 29.2 Å². The third kappa shape index (κ3) is 3.53. The fraction of sp³-hybridized carbons (Fsp3) is 0.412. The summed E-state index contributed by atoms with van der Waals surface area (Å²) in [4.78, 5) is 14.4. The largest absolute Gasteiger partial charge is 0.333 e. The highest BCUT2D eigenvalue weighted by Gasteiger charge is 2.25. The fourth-order valence-electron chi connectivity index (χ4n) is 2.53. The maximum Gasteiger partial charge on any atom is 0.272 e. The zero-order valence-electron chi connectivity index (χ0n) is 12.7. The van der Waals surface area contributed by atoms with Crippen LogP contribution in [0.2, 0.25) is 0 Å². The van der Waals surface area contributed by atoms with Gasteiger partial charge in [-0.2, -0.15) is 5.10 Å². The van der Waals surface area contributed by atoms with Gasteiger partial charge in [0.2, 0.25) is 0 Å². The zero-order chi connectivity index (χ0) is 15.5. The van der Waals surface area contributed by atoms with Crippen LogP contribution in [0.1, 0.15) is 41.0 Å². The topological polar surface area (TPSA) is 49.0 Å². The monoisotopic (exact) mass is 301 g/mol. The molecule has 116 valence electrons. The van der Waals surface area contributed by atoms with E-state index in [0.29, 0.717) is 17.8 Å². The van der Waals surface area contributed by atoms with E-state index in [-0.39, 0.29) is 18.3 Å². The molecule has 1 aliphatic rings. The minimum atomic E-state index is -0.271. The number of nitrogens with zero attached hydrogens (tertiary/aromatic N) is 2. The van der Waals surface area contributed by atoms with Gasteiger partial charge in [-0.15, -0.1) is 0 Å². The highest BCUT2D eigenvalue weighted by molar-refractivity contribution is 5.92. The quantitative estimate of drug-likeness (QED) is 0.890. The summed E-state index contributed by atoms with van der Waals surface area (Å²) in [6.45, 7) is 2.77. The summed E-state index contributed by atoms with van der Waals surface area (Å²) in [5.41, 5.74) is 1.78. The summed E-state index contributed by atoms with van der Waals surface area (Å²) in [5.74, 6) is 0.330. The van der Waals surface area contributed by atoms with Gasteiger partial charge < -0.3 is 4.90 Å². The molecule has 0 unspecified atom stereocenters. The first kappa shape index (κ1) is 14.8. The lowest BCUT2D eigenvalue weighted by molar-refractivity contribution is 0.0731. The summed E-state index contributed by atoms with van der Waals surface area (Å²) >= 11 is 0. The molecule has 1 heterocycles. The Labute approximate surface area is 129 Å². The van der Waals surface area contributed by atoms with Crippen LogP contribution in [0, 0.1) is 18.7 Å². The molecule has 1 saturated carbocycles. The van der Waals surface area contributed by atoms with Crippen molar-refractivity contribution in [3.63, 3.8) is 0 Å². The second kappa shape index (κ2) is 6.30. The van der Waals surface area contributed by atoms with Gasteiger partial charge in [-0.1, -0.05) is 31.0 Å². The summed E-state index contributed by atoms with van der Waals surface area (Å²) in [6, 6.07) is 8.34. The highest BCUT2D eigenvalue weighted by atomic mass is 19.1. The number of carbonyl (C=O) groups excluding carboxylic acids is 1. The van der Waals surface area contributed by atoms with E-state index in [0.717, 1.165) is 18.0 Å². The Morgan fingerprint density at radius 2 is 2.18 bits per heavy atom. The maximum atomic E-state index is 13.9. The van der Waals surface area contributed by atoms with Crippen LogP contribution in [0.25, 0.3) is 0 Å². The van der Waals surface area contributed by atoms with Gasteiger partial charge in [-0.25, -0.2) is 4.39 Å². The van der Waals surface area contributed by atoms with Crippen molar-refractivity contribution in [3.05, 3.63) is 53.1 Å². The number of hydrogen-bond donors (Lipinski definition) is 1. The molecule has 0 bridgehead atoms. The number of amides is 1. The average Bonchev–Trinajstić information content (AvgIpc) is 3.24. The third-order valence-corrected chi connectivity index (χ3v) is 4.05. The van der Waals surface area contributed by atoms with Gasteiger partial charge in [0.1, 0.15) is 11.5 Å². The van der Waals surface area contributed by atoms with Crippen molar-refractivity contribution >= 4 is 5.91 Å². The van der Waals surface area contributed by atoms with Gasteiger partial charge in [0, 0.05) is 18.7 Å². The zero-order valence-corrected chi connectivity index (χ0v) is 12.7. The molecule has 22 heavy (non-hydrogen) atoms. The first-order valence-corrected chi connectivity index (χ1v) is 7.68. The number of nitrogens with one attached hydrogen (secondary N) is 1. The molecule has 1 aliphatic carbocycles. The van der Waals surface area contributed by atoms with Gasteiger partial charge >= 0.3 is 0 Å². The predicted octanol–water partition coefficient (Wildman–Crippen LogP) is 3.30. The van der Waals surface area contributed by atoms with E-state index >= 15 is 0 Å². The van der Waals surface area contributed by atoms with Crippen molar-refractivity contribution in [1.82, 2.24) is 15.1 Å². The van der Waals surface area contributed by atoms with Crippen LogP contribution in [0.4, 0.5) is 4.39 Å². The van der Waals surface area contributed by atoms with Crippen LogP contribution in [-0.4, -0.2) is 27.5 Å². The van der Waals surface area contributed by atoms with Crippen molar-refractivity contribution in [2.45, 2.75) is 32.7 Å². The molecule has 1 fully saturated rings. The minimum Gasteiger partial charge on any atom is -0.333 e. The van der Waals surface area contributed by atoms with Crippen molar-refractivity contribution in [1.29, 1.82) is 0 Å². The average molecular weight is 301 g/mol. The Morgan fingerprint density at radius 3 is 2.82 bits per heavy atom. The molecule has 1 amide bonds. The number of hydrogen-bond acceptors (Lipinski definition) is 2. The lowest BCUT2D eigenvalue weighted by Crippen LogP contribution is -2.32. The smallest absolute Gasteiger partial charge is 0.272 e. The van der Waals surface area contributed by atoms with Gasteiger partial charge in [0.05, 0.1) is 5.69 Å². The molecule has 0 radical (unpaired) electrons. The summed E-state index contributed by atoms with van der Waals surface area (Å²) in [5, 5.41) is 6.76. The second-order valence-corrected chi connectivity index (χ2v) is 5.97. The molecule has 3 rings (SSSR count). The van der Waals surface area contributed by atoms with Gasteiger partial charge in [0.15, 0.2) is 0 Å². The van der Waals surface area contributed by atoms with Crippen molar-refractivity contribution in [2.24, 2.45) is 5.92 Å².